The lowest BCUT2D eigenvalue weighted by atomic mass is 10.0. The number of non-ortho nitro benzene ring substituents is 1. The smallest absolute Gasteiger partial charge is 0.269 e. The number of nitrogens with two attached hydrogens (primary N) is 1. The summed E-state index contributed by atoms with van der Waals surface area (Å²) in [5, 5.41) is 10.6. The molecule has 0 amide bonds. The highest BCUT2D eigenvalue weighted by molar-refractivity contribution is 5.34. The fraction of sp³-hybridized carbons (Fsp3) is 0.538. The molecular weight excluding hydrogens is 230 g/mol. The molecule has 0 saturated heterocycles. The van der Waals surface area contributed by atoms with Crippen LogP contribution in [0.5, 0.6) is 0 Å². The highest BCUT2D eigenvalue weighted by Crippen LogP contribution is 2.21. The molecule has 0 bridgehead atoms. The Labute approximate surface area is 108 Å². The van der Waals surface area contributed by atoms with E-state index in [1.54, 1.807) is 12.1 Å². The summed E-state index contributed by atoms with van der Waals surface area (Å²) in [6, 6.07) is 6.77. The van der Waals surface area contributed by atoms with Crippen LogP contribution in [0.1, 0.15) is 31.4 Å². The number of nitro benzene ring substituents is 1. The van der Waals surface area contributed by atoms with Crippen LogP contribution in [0, 0.1) is 10.1 Å². The molecule has 0 spiro atoms. The minimum Gasteiger partial charge on any atom is -0.329 e. The Bertz CT molecular complexity index is 378. The Morgan fingerprint density at radius 2 is 2.00 bits per heavy atom. The van der Waals surface area contributed by atoms with Crippen LogP contribution >= 0.6 is 0 Å². The Hall–Kier alpha value is -1.46. The average Bonchev–Trinajstić information content (AvgIpc) is 2.37. The summed E-state index contributed by atoms with van der Waals surface area (Å²) in [5.41, 5.74) is 6.95. The van der Waals surface area contributed by atoms with Gasteiger partial charge in [0.25, 0.3) is 5.69 Å². The van der Waals surface area contributed by atoms with Gasteiger partial charge in [-0.05, 0) is 25.6 Å². The number of nitrogens with zero attached hydrogens (tertiary/aromatic N) is 2. The molecule has 1 aromatic rings. The third kappa shape index (κ3) is 3.78. The van der Waals surface area contributed by atoms with Crippen molar-refractivity contribution in [2.45, 2.75) is 25.8 Å². The van der Waals surface area contributed by atoms with Crippen LogP contribution in [0.15, 0.2) is 24.3 Å². The summed E-state index contributed by atoms with van der Waals surface area (Å²) in [4.78, 5) is 12.4. The van der Waals surface area contributed by atoms with Crippen molar-refractivity contribution >= 4 is 5.69 Å². The van der Waals surface area contributed by atoms with Gasteiger partial charge in [-0.15, -0.1) is 0 Å². The summed E-state index contributed by atoms with van der Waals surface area (Å²) >= 11 is 0. The lowest BCUT2D eigenvalue weighted by Crippen LogP contribution is -2.31. The highest BCUT2D eigenvalue weighted by atomic mass is 16.6. The van der Waals surface area contributed by atoms with Crippen LogP contribution in [-0.4, -0.2) is 30.0 Å². The quantitative estimate of drug-likeness (QED) is 0.596. The van der Waals surface area contributed by atoms with Crippen molar-refractivity contribution < 1.29 is 4.92 Å². The number of hydrogen-bond donors (Lipinski definition) is 1. The zero-order valence-corrected chi connectivity index (χ0v) is 11.0. The first-order valence-corrected chi connectivity index (χ1v) is 6.24. The van der Waals surface area contributed by atoms with E-state index in [0.29, 0.717) is 6.54 Å². The maximum absolute atomic E-state index is 10.6. The molecule has 0 aromatic heterocycles. The van der Waals surface area contributed by atoms with E-state index in [1.165, 1.54) is 12.1 Å². The molecule has 1 atom stereocenters. The van der Waals surface area contributed by atoms with Crippen molar-refractivity contribution in [2.24, 2.45) is 5.73 Å². The lowest BCUT2D eigenvalue weighted by molar-refractivity contribution is -0.384. The van der Waals surface area contributed by atoms with Gasteiger partial charge in [0.05, 0.1) is 4.92 Å². The summed E-state index contributed by atoms with van der Waals surface area (Å²) in [6.45, 7) is 3.64. The molecular formula is C13H21N3O2. The number of benzene rings is 1. The van der Waals surface area contributed by atoms with Crippen molar-refractivity contribution in [3.05, 3.63) is 39.9 Å². The van der Waals surface area contributed by atoms with Crippen LogP contribution in [0.4, 0.5) is 5.69 Å². The van der Waals surface area contributed by atoms with E-state index in [9.17, 15) is 10.1 Å². The molecule has 0 saturated carbocycles. The molecule has 5 heteroatoms. The van der Waals surface area contributed by atoms with Crippen LogP contribution in [0.3, 0.4) is 0 Å². The van der Waals surface area contributed by atoms with Gasteiger partial charge < -0.3 is 5.73 Å². The summed E-state index contributed by atoms with van der Waals surface area (Å²) in [7, 11) is 2.04. The van der Waals surface area contributed by atoms with E-state index in [4.69, 9.17) is 5.73 Å². The molecule has 1 unspecified atom stereocenters. The van der Waals surface area contributed by atoms with Crippen LogP contribution in [-0.2, 0) is 0 Å². The molecule has 0 aliphatic carbocycles. The van der Waals surface area contributed by atoms with Gasteiger partial charge in [0.15, 0.2) is 0 Å². The molecule has 100 valence electrons. The van der Waals surface area contributed by atoms with Crippen LogP contribution < -0.4 is 5.73 Å². The van der Waals surface area contributed by atoms with Gasteiger partial charge in [0.1, 0.15) is 0 Å². The number of hydrogen-bond acceptors (Lipinski definition) is 4. The highest BCUT2D eigenvalue weighted by Gasteiger charge is 2.16. The van der Waals surface area contributed by atoms with Gasteiger partial charge in [-0.2, -0.15) is 0 Å². The predicted molar refractivity (Wildman–Crippen MR) is 72.4 cm³/mol. The fourth-order valence-corrected chi connectivity index (χ4v) is 1.95. The van der Waals surface area contributed by atoms with Crippen molar-refractivity contribution in [1.82, 2.24) is 4.90 Å². The number of unbranched alkanes of at least 4 members (excludes halogenated alkanes) is 1. The van der Waals surface area contributed by atoms with Crippen LogP contribution in [0.25, 0.3) is 0 Å². The molecule has 0 fully saturated rings. The maximum atomic E-state index is 10.6. The number of likely N-dealkylation sites (N-methyl/N-ethyl adjacent to an activating group) is 1. The third-order valence-corrected chi connectivity index (χ3v) is 3.11. The monoisotopic (exact) mass is 251 g/mol. The van der Waals surface area contributed by atoms with E-state index >= 15 is 0 Å². The SMILES string of the molecule is CCCCN(C)C(CN)c1ccc([N+](=O)[O-])cc1. The van der Waals surface area contributed by atoms with Crippen molar-refractivity contribution in [2.75, 3.05) is 20.1 Å². The second-order valence-electron chi connectivity index (χ2n) is 4.43. The maximum Gasteiger partial charge on any atom is 0.269 e. The Balaban J connectivity index is 2.78. The first-order chi connectivity index (χ1) is 8.60. The minimum atomic E-state index is -0.387. The van der Waals surface area contributed by atoms with E-state index in [2.05, 4.69) is 11.8 Å². The third-order valence-electron chi connectivity index (χ3n) is 3.11. The average molecular weight is 251 g/mol. The molecule has 1 aromatic carbocycles. The van der Waals surface area contributed by atoms with Crippen molar-refractivity contribution in [3.8, 4) is 0 Å². The molecule has 1 rings (SSSR count). The molecule has 18 heavy (non-hydrogen) atoms. The zero-order valence-electron chi connectivity index (χ0n) is 11.0. The Morgan fingerprint density at radius 3 is 2.44 bits per heavy atom. The Morgan fingerprint density at radius 1 is 1.39 bits per heavy atom. The number of nitro groups is 1. The number of rotatable bonds is 7. The zero-order chi connectivity index (χ0) is 13.5. The van der Waals surface area contributed by atoms with E-state index < -0.39 is 0 Å². The first-order valence-electron chi connectivity index (χ1n) is 6.24. The molecule has 0 radical (unpaired) electrons. The van der Waals surface area contributed by atoms with Crippen molar-refractivity contribution in [1.29, 1.82) is 0 Å². The van der Waals surface area contributed by atoms with Gasteiger partial charge in [-0.1, -0.05) is 25.5 Å². The standard InChI is InChI=1S/C13H21N3O2/c1-3-4-9-15(2)13(10-14)11-5-7-12(8-6-11)16(17)18/h5-8,13H,3-4,9-10,14H2,1-2H3. The largest absolute Gasteiger partial charge is 0.329 e. The molecule has 2 N–H and O–H groups in total. The van der Waals surface area contributed by atoms with Gasteiger partial charge in [-0.25, -0.2) is 0 Å². The molecule has 0 aliphatic rings. The molecule has 0 heterocycles. The molecule has 0 aliphatic heterocycles. The Kier molecular flexibility index (Phi) is 5.74. The van der Waals surface area contributed by atoms with Gasteiger partial charge >= 0.3 is 0 Å². The first kappa shape index (κ1) is 14.6. The van der Waals surface area contributed by atoms with Gasteiger partial charge in [0, 0.05) is 24.7 Å². The summed E-state index contributed by atoms with van der Waals surface area (Å²) < 4.78 is 0. The topological polar surface area (TPSA) is 72.4 Å². The van der Waals surface area contributed by atoms with Crippen LogP contribution in [0.2, 0.25) is 0 Å². The van der Waals surface area contributed by atoms with E-state index in [-0.39, 0.29) is 16.7 Å². The fourth-order valence-electron chi connectivity index (χ4n) is 1.95. The van der Waals surface area contributed by atoms with Crippen molar-refractivity contribution in [3.63, 3.8) is 0 Å². The molecule has 5 nitrogen and oxygen atoms in total. The minimum absolute atomic E-state index is 0.116. The van der Waals surface area contributed by atoms with Gasteiger partial charge in [-0.3, -0.25) is 15.0 Å². The second kappa shape index (κ2) is 7.08. The second-order valence-corrected chi connectivity index (χ2v) is 4.43. The summed E-state index contributed by atoms with van der Waals surface area (Å²) in [6.07, 6.45) is 2.27. The lowest BCUT2D eigenvalue weighted by Gasteiger charge is -2.27. The predicted octanol–water partition coefficient (Wildman–Crippen LogP) is 2.33. The van der Waals surface area contributed by atoms with E-state index in [1.807, 2.05) is 7.05 Å². The van der Waals surface area contributed by atoms with E-state index in [0.717, 1.165) is 24.9 Å². The van der Waals surface area contributed by atoms with Gasteiger partial charge in [0.2, 0.25) is 0 Å². The normalized spacial score (nSPS) is 12.7. The summed E-state index contributed by atoms with van der Waals surface area (Å²) in [5.74, 6) is 0.